The molecule has 0 aliphatic heterocycles. The molecule has 0 aromatic heterocycles. The van der Waals surface area contributed by atoms with Gasteiger partial charge in [0.1, 0.15) is 10.7 Å². The van der Waals surface area contributed by atoms with E-state index in [1.165, 1.54) is 12.1 Å². The standard InChI is InChI=1S/C13H20FNO3S/c1-3-4-7-15(8-9-16)19(17,18)13-6-5-11(2)10-12(13)14/h5-6,10,16H,3-4,7-9H2,1-2H3. The lowest BCUT2D eigenvalue weighted by Crippen LogP contribution is -2.35. The first-order chi connectivity index (χ1) is 8.93. The molecular formula is C13H20FNO3S. The summed E-state index contributed by atoms with van der Waals surface area (Å²) in [7, 11) is -3.88. The summed E-state index contributed by atoms with van der Waals surface area (Å²) in [5.41, 5.74) is 0.665. The first-order valence-corrected chi connectivity index (χ1v) is 7.74. The van der Waals surface area contributed by atoms with E-state index in [1.54, 1.807) is 13.0 Å². The van der Waals surface area contributed by atoms with E-state index in [9.17, 15) is 12.8 Å². The highest BCUT2D eigenvalue weighted by Crippen LogP contribution is 2.20. The Kier molecular flexibility index (Phi) is 5.90. The Bertz CT molecular complexity index is 517. The molecule has 1 N–H and O–H groups in total. The van der Waals surface area contributed by atoms with E-state index in [1.807, 2.05) is 6.92 Å². The van der Waals surface area contributed by atoms with Gasteiger partial charge in [0.25, 0.3) is 0 Å². The van der Waals surface area contributed by atoms with E-state index < -0.39 is 15.8 Å². The first kappa shape index (κ1) is 16.1. The Balaban J connectivity index is 3.11. The van der Waals surface area contributed by atoms with E-state index in [-0.39, 0.29) is 24.6 Å². The van der Waals surface area contributed by atoms with Crippen LogP contribution in [0.5, 0.6) is 0 Å². The zero-order valence-electron chi connectivity index (χ0n) is 11.3. The van der Waals surface area contributed by atoms with Crippen LogP contribution >= 0.6 is 0 Å². The van der Waals surface area contributed by atoms with Gasteiger partial charge in [0, 0.05) is 13.1 Å². The minimum atomic E-state index is -3.88. The number of rotatable bonds is 7. The number of aliphatic hydroxyl groups excluding tert-OH is 1. The summed E-state index contributed by atoms with van der Waals surface area (Å²) in [6.45, 7) is 3.62. The van der Waals surface area contributed by atoms with Crippen LogP contribution in [-0.2, 0) is 10.0 Å². The average Bonchev–Trinajstić information content (AvgIpc) is 2.33. The van der Waals surface area contributed by atoms with Crippen molar-refractivity contribution in [2.45, 2.75) is 31.6 Å². The van der Waals surface area contributed by atoms with Crippen molar-refractivity contribution in [2.24, 2.45) is 0 Å². The Morgan fingerprint density at radius 1 is 1.32 bits per heavy atom. The lowest BCUT2D eigenvalue weighted by atomic mass is 10.2. The maximum atomic E-state index is 13.8. The van der Waals surface area contributed by atoms with E-state index in [0.717, 1.165) is 10.7 Å². The molecule has 0 radical (unpaired) electrons. The van der Waals surface area contributed by atoms with Crippen molar-refractivity contribution in [2.75, 3.05) is 19.7 Å². The highest BCUT2D eigenvalue weighted by molar-refractivity contribution is 7.89. The molecule has 0 spiro atoms. The summed E-state index contributed by atoms with van der Waals surface area (Å²) in [6.07, 6.45) is 1.50. The number of aliphatic hydroxyl groups is 1. The van der Waals surface area contributed by atoms with Gasteiger partial charge in [-0.25, -0.2) is 12.8 Å². The Labute approximate surface area is 113 Å². The quantitative estimate of drug-likeness (QED) is 0.834. The van der Waals surface area contributed by atoms with Gasteiger partial charge < -0.3 is 5.11 Å². The number of aryl methyl sites for hydroxylation is 1. The van der Waals surface area contributed by atoms with E-state index in [2.05, 4.69) is 0 Å². The van der Waals surface area contributed by atoms with Gasteiger partial charge in [-0.15, -0.1) is 0 Å². The maximum Gasteiger partial charge on any atom is 0.246 e. The number of halogens is 1. The molecule has 0 saturated carbocycles. The third-order valence-corrected chi connectivity index (χ3v) is 4.75. The molecule has 1 rings (SSSR count). The van der Waals surface area contributed by atoms with Gasteiger partial charge >= 0.3 is 0 Å². The smallest absolute Gasteiger partial charge is 0.246 e. The summed E-state index contributed by atoms with van der Waals surface area (Å²) in [5.74, 6) is -0.751. The molecule has 19 heavy (non-hydrogen) atoms. The van der Waals surface area contributed by atoms with Crippen LogP contribution in [0.4, 0.5) is 4.39 Å². The molecule has 6 heteroatoms. The molecule has 0 unspecified atom stereocenters. The Morgan fingerprint density at radius 2 is 2.00 bits per heavy atom. The summed E-state index contributed by atoms with van der Waals surface area (Å²) in [4.78, 5) is -0.331. The number of hydrogen-bond donors (Lipinski definition) is 1. The lowest BCUT2D eigenvalue weighted by Gasteiger charge is -2.21. The topological polar surface area (TPSA) is 57.6 Å². The van der Waals surface area contributed by atoms with Crippen molar-refractivity contribution in [3.05, 3.63) is 29.6 Å². The van der Waals surface area contributed by atoms with E-state index in [4.69, 9.17) is 5.11 Å². The molecule has 0 atom stereocenters. The molecular weight excluding hydrogens is 269 g/mol. The van der Waals surface area contributed by atoms with Crippen LogP contribution in [0.25, 0.3) is 0 Å². The average molecular weight is 289 g/mol. The highest BCUT2D eigenvalue weighted by atomic mass is 32.2. The molecule has 0 saturated heterocycles. The number of nitrogens with zero attached hydrogens (tertiary/aromatic N) is 1. The van der Waals surface area contributed by atoms with Crippen molar-refractivity contribution in [1.82, 2.24) is 4.31 Å². The minimum absolute atomic E-state index is 0.0182. The molecule has 0 amide bonds. The van der Waals surface area contributed by atoms with E-state index >= 15 is 0 Å². The van der Waals surface area contributed by atoms with Crippen LogP contribution in [0.1, 0.15) is 25.3 Å². The van der Waals surface area contributed by atoms with Gasteiger partial charge in [0.05, 0.1) is 6.61 Å². The fraction of sp³-hybridized carbons (Fsp3) is 0.538. The molecule has 0 aliphatic rings. The van der Waals surface area contributed by atoms with Crippen molar-refractivity contribution >= 4 is 10.0 Å². The second-order valence-electron chi connectivity index (χ2n) is 4.42. The van der Waals surface area contributed by atoms with Gasteiger partial charge in [-0.05, 0) is 31.0 Å². The predicted molar refractivity (Wildman–Crippen MR) is 71.9 cm³/mol. The van der Waals surface area contributed by atoms with Gasteiger partial charge in [-0.1, -0.05) is 19.4 Å². The number of hydrogen-bond acceptors (Lipinski definition) is 3. The van der Waals surface area contributed by atoms with Crippen molar-refractivity contribution in [3.63, 3.8) is 0 Å². The molecule has 0 fully saturated rings. The van der Waals surface area contributed by atoms with Crippen molar-refractivity contribution < 1.29 is 17.9 Å². The van der Waals surface area contributed by atoms with Crippen LogP contribution < -0.4 is 0 Å². The van der Waals surface area contributed by atoms with Crippen LogP contribution in [0.2, 0.25) is 0 Å². The van der Waals surface area contributed by atoms with Crippen LogP contribution in [-0.4, -0.2) is 37.5 Å². The summed E-state index contributed by atoms with van der Waals surface area (Å²) in [6, 6.07) is 4.03. The molecule has 1 aromatic rings. The lowest BCUT2D eigenvalue weighted by molar-refractivity contribution is 0.252. The molecule has 0 aliphatic carbocycles. The first-order valence-electron chi connectivity index (χ1n) is 6.30. The summed E-state index contributed by atoms with van der Waals surface area (Å²) in [5, 5.41) is 8.96. The van der Waals surface area contributed by atoms with E-state index in [0.29, 0.717) is 12.0 Å². The SMILES string of the molecule is CCCCN(CCO)S(=O)(=O)c1ccc(C)cc1F. The molecule has 0 heterocycles. The summed E-state index contributed by atoms with van der Waals surface area (Å²) < 4.78 is 39.6. The minimum Gasteiger partial charge on any atom is -0.395 e. The monoisotopic (exact) mass is 289 g/mol. The zero-order chi connectivity index (χ0) is 14.5. The third kappa shape index (κ3) is 3.99. The molecule has 1 aromatic carbocycles. The zero-order valence-corrected chi connectivity index (χ0v) is 12.1. The fourth-order valence-corrected chi connectivity index (χ4v) is 3.27. The summed E-state index contributed by atoms with van der Waals surface area (Å²) >= 11 is 0. The predicted octanol–water partition coefficient (Wildman–Crippen LogP) is 1.92. The maximum absolute atomic E-state index is 13.8. The third-order valence-electron chi connectivity index (χ3n) is 2.82. The van der Waals surface area contributed by atoms with Crippen LogP contribution in [0.3, 0.4) is 0 Å². The van der Waals surface area contributed by atoms with Gasteiger partial charge in [-0.3, -0.25) is 0 Å². The molecule has 4 nitrogen and oxygen atoms in total. The largest absolute Gasteiger partial charge is 0.395 e. The number of unbranched alkanes of at least 4 members (excludes halogenated alkanes) is 1. The van der Waals surface area contributed by atoms with Crippen molar-refractivity contribution in [3.8, 4) is 0 Å². The Morgan fingerprint density at radius 3 is 2.53 bits per heavy atom. The van der Waals surface area contributed by atoms with Gasteiger partial charge in [-0.2, -0.15) is 4.31 Å². The second kappa shape index (κ2) is 6.98. The number of benzene rings is 1. The number of sulfonamides is 1. The van der Waals surface area contributed by atoms with Crippen LogP contribution in [0, 0.1) is 12.7 Å². The van der Waals surface area contributed by atoms with Gasteiger partial charge in [0.2, 0.25) is 10.0 Å². The molecule has 0 bridgehead atoms. The normalized spacial score (nSPS) is 12.1. The second-order valence-corrected chi connectivity index (χ2v) is 6.32. The highest BCUT2D eigenvalue weighted by Gasteiger charge is 2.26. The van der Waals surface area contributed by atoms with Crippen molar-refractivity contribution in [1.29, 1.82) is 0 Å². The molecule has 108 valence electrons. The fourth-order valence-electron chi connectivity index (χ4n) is 1.75. The van der Waals surface area contributed by atoms with Gasteiger partial charge in [0.15, 0.2) is 0 Å². The van der Waals surface area contributed by atoms with Crippen LogP contribution in [0.15, 0.2) is 23.1 Å². The Hall–Kier alpha value is -0.980.